The van der Waals surface area contributed by atoms with E-state index < -0.39 is 0 Å². The number of hydrogen-bond donors (Lipinski definition) is 2. The first-order valence-corrected chi connectivity index (χ1v) is 7.92. The number of nitrogens with two attached hydrogens (primary N) is 1. The normalized spacial score (nSPS) is 12.0. The molecular formula is C19H25N2O2+. The Bertz CT molecular complexity index is 626. The molecule has 1 atom stereocenters. The van der Waals surface area contributed by atoms with E-state index >= 15 is 0 Å². The second kappa shape index (κ2) is 8.34. The van der Waals surface area contributed by atoms with Crippen LogP contribution < -0.4 is 15.4 Å². The standard InChI is InChI=1S/C19H24N2O2/c1-14(2)19(15-8-5-4-6-9-15)20-13-18(22)21-16-10-7-11-17(12-16)23-3/h4-12,14,19-20H,13H2,1-3H3,(H,21,22)/p+1/t19-/m1/s1. The van der Waals surface area contributed by atoms with Gasteiger partial charge in [0.2, 0.25) is 0 Å². The Morgan fingerprint density at radius 3 is 2.52 bits per heavy atom. The third kappa shape index (κ3) is 5.11. The molecule has 0 aliphatic carbocycles. The topological polar surface area (TPSA) is 54.9 Å². The van der Waals surface area contributed by atoms with Crippen molar-refractivity contribution in [1.29, 1.82) is 0 Å². The molecule has 23 heavy (non-hydrogen) atoms. The highest BCUT2D eigenvalue weighted by Crippen LogP contribution is 2.17. The van der Waals surface area contributed by atoms with Crippen LogP contribution in [0.2, 0.25) is 0 Å². The molecule has 0 fully saturated rings. The predicted octanol–water partition coefficient (Wildman–Crippen LogP) is 2.59. The zero-order valence-electron chi connectivity index (χ0n) is 14.0. The minimum Gasteiger partial charge on any atom is -0.497 e. The molecule has 0 aliphatic rings. The van der Waals surface area contributed by atoms with Crippen LogP contribution in [0.15, 0.2) is 54.6 Å². The lowest BCUT2D eigenvalue weighted by molar-refractivity contribution is -0.692. The number of quaternary nitrogens is 1. The SMILES string of the molecule is COc1cccc(NC(=O)C[NH2+][C@@H](c2ccccc2)C(C)C)c1. The molecule has 0 spiro atoms. The number of ether oxygens (including phenoxy) is 1. The van der Waals surface area contributed by atoms with Gasteiger partial charge < -0.3 is 15.4 Å². The molecular weight excluding hydrogens is 288 g/mol. The molecule has 0 saturated heterocycles. The van der Waals surface area contributed by atoms with Gasteiger partial charge in [0.15, 0.2) is 6.54 Å². The van der Waals surface area contributed by atoms with E-state index in [1.807, 2.05) is 42.5 Å². The zero-order chi connectivity index (χ0) is 16.7. The number of carbonyl (C=O) groups is 1. The van der Waals surface area contributed by atoms with Crippen LogP contribution in [0.4, 0.5) is 5.69 Å². The van der Waals surface area contributed by atoms with Gasteiger partial charge in [0.25, 0.3) is 5.91 Å². The van der Waals surface area contributed by atoms with Crippen LogP contribution in [-0.2, 0) is 4.79 Å². The number of rotatable bonds is 7. The van der Waals surface area contributed by atoms with Crippen LogP contribution in [-0.4, -0.2) is 19.6 Å². The highest BCUT2D eigenvalue weighted by molar-refractivity contribution is 5.91. The molecule has 4 nitrogen and oxygen atoms in total. The Labute approximate surface area is 137 Å². The Kier molecular flexibility index (Phi) is 6.18. The summed E-state index contributed by atoms with van der Waals surface area (Å²) in [5.74, 6) is 1.16. The number of benzene rings is 2. The number of carbonyl (C=O) groups excluding carboxylic acids is 1. The highest BCUT2D eigenvalue weighted by atomic mass is 16.5. The lowest BCUT2D eigenvalue weighted by atomic mass is 9.96. The largest absolute Gasteiger partial charge is 0.497 e. The van der Waals surface area contributed by atoms with Crippen molar-refractivity contribution in [2.75, 3.05) is 19.0 Å². The first-order chi connectivity index (χ1) is 11.1. The Morgan fingerprint density at radius 2 is 1.87 bits per heavy atom. The van der Waals surface area contributed by atoms with Gasteiger partial charge in [-0.05, 0) is 12.1 Å². The van der Waals surface area contributed by atoms with Crippen LogP contribution in [0, 0.1) is 5.92 Å². The summed E-state index contributed by atoms with van der Waals surface area (Å²) in [4.78, 5) is 12.2. The summed E-state index contributed by atoms with van der Waals surface area (Å²) in [6.45, 7) is 4.73. The van der Waals surface area contributed by atoms with Crippen molar-refractivity contribution in [3.05, 3.63) is 60.2 Å². The van der Waals surface area contributed by atoms with E-state index in [4.69, 9.17) is 4.74 Å². The van der Waals surface area contributed by atoms with Gasteiger partial charge in [0.05, 0.1) is 7.11 Å². The first-order valence-electron chi connectivity index (χ1n) is 7.92. The van der Waals surface area contributed by atoms with Gasteiger partial charge in [-0.15, -0.1) is 0 Å². The van der Waals surface area contributed by atoms with E-state index in [0.29, 0.717) is 12.5 Å². The number of hydrogen-bond acceptors (Lipinski definition) is 2. The number of methoxy groups -OCH3 is 1. The van der Waals surface area contributed by atoms with Gasteiger partial charge in [-0.3, -0.25) is 4.79 Å². The van der Waals surface area contributed by atoms with Gasteiger partial charge in [0, 0.05) is 23.2 Å². The molecule has 2 aromatic rings. The number of amides is 1. The van der Waals surface area contributed by atoms with Crippen LogP contribution in [0.25, 0.3) is 0 Å². The number of nitrogens with one attached hydrogen (secondary N) is 1. The van der Waals surface area contributed by atoms with Crippen LogP contribution in [0.5, 0.6) is 5.75 Å². The van der Waals surface area contributed by atoms with E-state index in [-0.39, 0.29) is 11.9 Å². The first kappa shape index (κ1) is 17.0. The molecule has 0 radical (unpaired) electrons. The van der Waals surface area contributed by atoms with Crippen molar-refractivity contribution in [1.82, 2.24) is 0 Å². The fourth-order valence-electron chi connectivity index (χ4n) is 2.62. The predicted molar refractivity (Wildman–Crippen MR) is 92.4 cm³/mol. The maximum atomic E-state index is 12.2. The molecule has 2 aromatic carbocycles. The van der Waals surface area contributed by atoms with Crippen molar-refractivity contribution >= 4 is 11.6 Å². The van der Waals surface area contributed by atoms with E-state index in [0.717, 1.165) is 11.4 Å². The smallest absolute Gasteiger partial charge is 0.279 e. The van der Waals surface area contributed by atoms with Crippen molar-refractivity contribution in [3.8, 4) is 5.75 Å². The summed E-state index contributed by atoms with van der Waals surface area (Å²) in [7, 11) is 1.61. The molecule has 2 rings (SSSR count). The van der Waals surface area contributed by atoms with Crippen molar-refractivity contribution < 1.29 is 14.8 Å². The molecule has 1 amide bonds. The van der Waals surface area contributed by atoms with Crippen molar-refractivity contribution in [3.63, 3.8) is 0 Å². The average Bonchev–Trinajstić information content (AvgIpc) is 2.56. The molecule has 4 heteroatoms. The van der Waals surface area contributed by atoms with E-state index in [2.05, 4.69) is 36.6 Å². The minimum atomic E-state index is -0.0140. The molecule has 0 saturated carbocycles. The van der Waals surface area contributed by atoms with Gasteiger partial charge in [-0.1, -0.05) is 50.2 Å². The van der Waals surface area contributed by atoms with Gasteiger partial charge >= 0.3 is 0 Å². The monoisotopic (exact) mass is 313 g/mol. The summed E-state index contributed by atoms with van der Waals surface area (Å²) >= 11 is 0. The Morgan fingerprint density at radius 1 is 1.13 bits per heavy atom. The fourth-order valence-corrected chi connectivity index (χ4v) is 2.62. The summed E-state index contributed by atoms with van der Waals surface area (Å²) in [6, 6.07) is 18.0. The molecule has 0 unspecified atom stereocenters. The quantitative estimate of drug-likeness (QED) is 0.825. The lowest BCUT2D eigenvalue weighted by Gasteiger charge is -2.19. The van der Waals surface area contributed by atoms with E-state index in [1.165, 1.54) is 5.56 Å². The fraction of sp³-hybridized carbons (Fsp3) is 0.316. The summed E-state index contributed by atoms with van der Waals surface area (Å²) in [5, 5.41) is 5.00. The van der Waals surface area contributed by atoms with Crippen molar-refractivity contribution in [2.45, 2.75) is 19.9 Å². The zero-order valence-corrected chi connectivity index (χ0v) is 14.0. The average molecular weight is 313 g/mol. The second-order valence-electron chi connectivity index (χ2n) is 5.90. The Balaban J connectivity index is 1.94. The van der Waals surface area contributed by atoms with Gasteiger partial charge in [-0.2, -0.15) is 0 Å². The molecule has 122 valence electrons. The molecule has 0 heterocycles. The third-order valence-electron chi connectivity index (χ3n) is 3.81. The summed E-state index contributed by atoms with van der Waals surface area (Å²) < 4.78 is 5.16. The molecule has 0 bridgehead atoms. The van der Waals surface area contributed by atoms with Gasteiger partial charge in [-0.25, -0.2) is 0 Å². The lowest BCUT2D eigenvalue weighted by Crippen LogP contribution is -2.88. The van der Waals surface area contributed by atoms with E-state index in [9.17, 15) is 4.79 Å². The maximum absolute atomic E-state index is 12.2. The summed E-state index contributed by atoms with van der Waals surface area (Å²) in [6.07, 6.45) is 0. The van der Waals surface area contributed by atoms with Crippen LogP contribution >= 0.6 is 0 Å². The summed E-state index contributed by atoms with van der Waals surface area (Å²) in [5.41, 5.74) is 2.00. The van der Waals surface area contributed by atoms with Crippen LogP contribution in [0.1, 0.15) is 25.5 Å². The second-order valence-corrected chi connectivity index (χ2v) is 5.90. The molecule has 0 aromatic heterocycles. The maximum Gasteiger partial charge on any atom is 0.279 e. The molecule has 0 aliphatic heterocycles. The minimum absolute atomic E-state index is 0.0140. The van der Waals surface area contributed by atoms with Gasteiger partial charge in [0.1, 0.15) is 11.8 Å². The van der Waals surface area contributed by atoms with Crippen molar-refractivity contribution in [2.24, 2.45) is 5.92 Å². The third-order valence-corrected chi connectivity index (χ3v) is 3.81. The molecule has 3 N–H and O–H groups in total. The number of anilines is 1. The Hall–Kier alpha value is -2.33. The van der Waals surface area contributed by atoms with Crippen LogP contribution in [0.3, 0.4) is 0 Å². The van der Waals surface area contributed by atoms with E-state index in [1.54, 1.807) is 7.11 Å². The highest BCUT2D eigenvalue weighted by Gasteiger charge is 2.20.